The predicted octanol–water partition coefficient (Wildman–Crippen LogP) is 3.99. The highest BCUT2D eigenvalue weighted by molar-refractivity contribution is 5.94. The fourth-order valence-corrected chi connectivity index (χ4v) is 3.91. The molecule has 146 valence electrons. The topological polar surface area (TPSA) is 37.3 Å². The van der Waals surface area contributed by atoms with Crippen LogP contribution in [0.5, 0.6) is 0 Å². The quantitative estimate of drug-likeness (QED) is 0.724. The van der Waals surface area contributed by atoms with Crippen LogP contribution in [-0.4, -0.2) is 41.6 Å². The number of hydrogen-bond donors (Lipinski definition) is 1. The van der Waals surface area contributed by atoms with Crippen LogP contribution in [0.1, 0.15) is 29.2 Å². The largest absolute Gasteiger partial charge is 0.351 e. The minimum absolute atomic E-state index is 0.180. The van der Waals surface area contributed by atoms with Gasteiger partial charge in [0, 0.05) is 54.9 Å². The first-order valence-corrected chi connectivity index (χ1v) is 9.62. The number of amides is 1. The number of halogens is 2. The van der Waals surface area contributed by atoms with Crippen LogP contribution in [0.4, 0.5) is 8.78 Å². The third-order valence-corrected chi connectivity index (χ3v) is 5.45. The number of fused-ring (bicyclic) bond motifs is 1. The van der Waals surface area contributed by atoms with Crippen molar-refractivity contribution < 1.29 is 13.6 Å². The summed E-state index contributed by atoms with van der Waals surface area (Å²) in [5.74, 6) is -0.733. The van der Waals surface area contributed by atoms with Crippen molar-refractivity contribution in [1.82, 2.24) is 14.8 Å². The number of carbonyl (C=O) groups excluding carboxylic acids is 1. The van der Waals surface area contributed by atoms with Crippen LogP contribution in [0.25, 0.3) is 10.9 Å². The van der Waals surface area contributed by atoms with Crippen molar-refractivity contribution >= 4 is 16.8 Å². The summed E-state index contributed by atoms with van der Waals surface area (Å²) in [4.78, 5) is 14.4. The summed E-state index contributed by atoms with van der Waals surface area (Å²) in [5, 5.41) is 3.83. The maximum Gasteiger partial charge on any atom is 0.251 e. The predicted molar refractivity (Wildman–Crippen MR) is 105 cm³/mol. The second kappa shape index (κ2) is 8.10. The van der Waals surface area contributed by atoms with Crippen LogP contribution in [0.2, 0.25) is 0 Å². The first kappa shape index (κ1) is 18.6. The molecule has 0 saturated carbocycles. The van der Waals surface area contributed by atoms with E-state index >= 15 is 0 Å². The number of rotatable bonds is 5. The molecule has 0 spiro atoms. The number of piperidine rings is 1. The molecule has 1 aromatic heterocycles. The molecule has 1 N–H and O–H groups in total. The lowest BCUT2D eigenvalue weighted by molar-refractivity contribution is 0.0944. The molecule has 4 rings (SSSR count). The van der Waals surface area contributed by atoms with Gasteiger partial charge in [-0.1, -0.05) is 0 Å². The van der Waals surface area contributed by atoms with E-state index in [-0.39, 0.29) is 17.5 Å². The Bertz CT molecular complexity index is 960. The van der Waals surface area contributed by atoms with Gasteiger partial charge in [0.1, 0.15) is 11.6 Å². The van der Waals surface area contributed by atoms with Gasteiger partial charge in [-0.25, -0.2) is 8.78 Å². The molecule has 3 aromatic rings. The van der Waals surface area contributed by atoms with E-state index in [0.29, 0.717) is 18.2 Å². The number of hydrogen-bond acceptors (Lipinski definition) is 2. The average molecular weight is 383 g/mol. The smallest absolute Gasteiger partial charge is 0.251 e. The highest BCUT2D eigenvalue weighted by Gasteiger charge is 2.21. The van der Waals surface area contributed by atoms with E-state index in [1.807, 2.05) is 18.3 Å². The Morgan fingerprint density at radius 2 is 1.71 bits per heavy atom. The van der Waals surface area contributed by atoms with E-state index < -0.39 is 0 Å². The summed E-state index contributed by atoms with van der Waals surface area (Å²) in [6, 6.07) is 12.9. The summed E-state index contributed by atoms with van der Waals surface area (Å²) in [5.41, 5.74) is 1.54. The van der Waals surface area contributed by atoms with E-state index in [4.69, 9.17) is 0 Å². The van der Waals surface area contributed by atoms with Gasteiger partial charge in [0.2, 0.25) is 0 Å². The molecule has 1 aliphatic heterocycles. The van der Waals surface area contributed by atoms with Gasteiger partial charge in [-0.15, -0.1) is 0 Å². The summed E-state index contributed by atoms with van der Waals surface area (Å²) >= 11 is 0. The minimum Gasteiger partial charge on any atom is -0.351 e. The van der Waals surface area contributed by atoms with Gasteiger partial charge in [-0.2, -0.15) is 0 Å². The van der Waals surface area contributed by atoms with Crippen LogP contribution in [0.15, 0.2) is 54.7 Å². The van der Waals surface area contributed by atoms with Crippen LogP contribution in [0, 0.1) is 11.6 Å². The van der Waals surface area contributed by atoms with Crippen molar-refractivity contribution in [1.29, 1.82) is 0 Å². The molecule has 28 heavy (non-hydrogen) atoms. The van der Waals surface area contributed by atoms with Gasteiger partial charge in [-0.05, 0) is 61.4 Å². The van der Waals surface area contributed by atoms with E-state index in [1.165, 1.54) is 30.3 Å². The Balaban J connectivity index is 1.26. The lowest BCUT2D eigenvalue weighted by Crippen LogP contribution is -2.40. The third-order valence-electron chi connectivity index (χ3n) is 5.45. The van der Waals surface area contributed by atoms with E-state index in [1.54, 1.807) is 6.07 Å². The van der Waals surface area contributed by atoms with Gasteiger partial charge in [0.25, 0.3) is 5.91 Å². The average Bonchev–Trinajstić information content (AvgIpc) is 3.12. The van der Waals surface area contributed by atoms with E-state index in [9.17, 15) is 13.6 Å². The molecule has 0 radical (unpaired) electrons. The van der Waals surface area contributed by atoms with Crippen LogP contribution in [-0.2, 0) is 0 Å². The third kappa shape index (κ3) is 4.07. The molecule has 1 amide bonds. The van der Waals surface area contributed by atoms with Gasteiger partial charge >= 0.3 is 0 Å². The fourth-order valence-electron chi connectivity index (χ4n) is 3.91. The number of nitrogens with one attached hydrogen (secondary N) is 1. The van der Waals surface area contributed by atoms with Crippen molar-refractivity contribution in [3.8, 4) is 0 Å². The molecule has 0 bridgehead atoms. The number of nitrogens with zero attached hydrogens (tertiary/aromatic N) is 2. The van der Waals surface area contributed by atoms with Gasteiger partial charge in [-0.3, -0.25) is 4.79 Å². The van der Waals surface area contributed by atoms with Crippen LogP contribution >= 0.6 is 0 Å². The first-order valence-electron chi connectivity index (χ1n) is 9.62. The van der Waals surface area contributed by atoms with Crippen LogP contribution in [0.3, 0.4) is 0 Å². The molecular formula is C22H23F2N3O. The van der Waals surface area contributed by atoms with Crippen molar-refractivity contribution in [2.75, 3.05) is 26.2 Å². The van der Waals surface area contributed by atoms with Gasteiger partial charge in [0.15, 0.2) is 0 Å². The minimum atomic E-state index is -0.347. The van der Waals surface area contributed by atoms with Crippen molar-refractivity contribution in [3.05, 3.63) is 71.9 Å². The zero-order valence-corrected chi connectivity index (χ0v) is 15.6. The fraction of sp³-hybridized carbons (Fsp3) is 0.318. The van der Waals surface area contributed by atoms with Gasteiger partial charge < -0.3 is 14.8 Å². The number of benzene rings is 2. The lowest BCUT2D eigenvalue weighted by Gasteiger charge is -2.33. The van der Waals surface area contributed by atoms with Crippen molar-refractivity contribution in [2.45, 2.75) is 18.9 Å². The zero-order valence-electron chi connectivity index (χ0n) is 15.6. The second-order valence-electron chi connectivity index (χ2n) is 7.26. The molecule has 2 heterocycles. The zero-order chi connectivity index (χ0) is 19.5. The van der Waals surface area contributed by atoms with Crippen molar-refractivity contribution in [2.24, 2.45) is 0 Å². The molecule has 1 aliphatic rings. The molecule has 1 fully saturated rings. The first-order chi connectivity index (χ1) is 13.6. The number of carbonyl (C=O) groups is 1. The SMILES string of the molecule is O=C(NCCN1CCC(n2ccc3cc(F)ccc32)CC1)c1ccc(F)cc1. The van der Waals surface area contributed by atoms with Crippen molar-refractivity contribution in [3.63, 3.8) is 0 Å². The molecular weight excluding hydrogens is 360 g/mol. The molecule has 0 atom stereocenters. The van der Waals surface area contributed by atoms with E-state index in [0.717, 1.165) is 43.4 Å². The summed E-state index contributed by atoms with van der Waals surface area (Å²) in [6.07, 6.45) is 4.09. The maximum absolute atomic E-state index is 13.4. The molecule has 1 saturated heterocycles. The Labute approximate surface area is 162 Å². The molecule has 0 unspecified atom stereocenters. The monoisotopic (exact) mass is 383 g/mol. The standard InChI is InChI=1S/C22H23F2N3O/c23-18-3-1-16(2-4-18)22(28)25-10-14-26-11-8-20(9-12-26)27-13-7-17-15-19(24)5-6-21(17)27/h1-7,13,15,20H,8-12,14H2,(H,25,28). The molecule has 2 aromatic carbocycles. The Kier molecular flexibility index (Phi) is 5.39. The Morgan fingerprint density at radius 1 is 1.00 bits per heavy atom. The Hall–Kier alpha value is -2.73. The number of likely N-dealkylation sites (tertiary alicyclic amines) is 1. The summed E-state index contributed by atoms with van der Waals surface area (Å²) in [7, 11) is 0. The summed E-state index contributed by atoms with van der Waals surface area (Å²) < 4.78 is 28.6. The highest BCUT2D eigenvalue weighted by atomic mass is 19.1. The highest BCUT2D eigenvalue weighted by Crippen LogP contribution is 2.28. The number of aromatic nitrogens is 1. The van der Waals surface area contributed by atoms with Crippen LogP contribution < -0.4 is 5.32 Å². The second-order valence-corrected chi connectivity index (χ2v) is 7.26. The normalized spacial score (nSPS) is 15.8. The molecule has 4 nitrogen and oxygen atoms in total. The van der Waals surface area contributed by atoms with Gasteiger partial charge in [0.05, 0.1) is 0 Å². The van der Waals surface area contributed by atoms with E-state index in [2.05, 4.69) is 14.8 Å². The molecule has 6 heteroatoms. The summed E-state index contributed by atoms with van der Waals surface area (Å²) in [6.45, 7) is 3.26. The Morgan fingerprint density at radius 3 is 2.46 bits per heavy atom. The lowest BCUT2D eigenvalue weighted by atomic mass is 10.0. The maximum atomic E-state index is 13.4. The molecule has 0 aliphatic carbocycles.